The molecular formula is C13H15ClN5OS+. The second-order valence-electron chi connectivity index (χ2n) is 4.32. The van der Waals surface area contributed by atoms with Gasteiger partial charge in [0.1, 0.15) is 0 Å². The van der Waals surface area contributed by atoms with Crippen LogP contribution in [0.4, 0.5) is 17.3 Å². The molecule has 1 amide bonds. The van der Waals surface area contributed by atoms with Crippen LogP contribution in [0, 0.1) is 0 Å². The first kappa shape index (κ1) is 15.4. The largest absolute Gasteiger partial charge is 0.370 e. The van der Waals surface area contributed by atoms with Crippen molar-refractivity contribution in [1.82, 2.24) is 4.98 Å². The van der Waals surface area contributed by atoms with E-state index in [1.165, 1.54) is 17.8 Å². The number of hydrogen-bond acceptors (Lipinski definition) is 5. The number of nitrogens with zero attached hydrogens (tertiary/aromatic N) is 1. The molecule has 0 saturated carbocycles. The molecule has 21 heavy (non-hydrogen) atoms. The summed E-state index contributed by atoms with van der Waals surface area (Å²) in [6, 6.07) is 8.41. The van der Waals surface area contributed by atoms with E-state index in [1.807, 2.05) is 0 Å². The van der Waals surface area contributed by atoms with E-state index in [9.17, 15) is 4.79 Å². The van der Waals surface area contributed by atoms with Crippen LogP contribution in [-0.4, -0.2) is 16.1 Å². The monoisotopic (exact) mass is 324 g/mol. The lowest BCUT2D eigenvalue weighted by molar-refractivity contribution is -0.416. The fourth-order valence-electron chi connectivity index (χ4n) is 1.55. The first-order valence-electron chi connectivity index (χ1n) is 6.12. The Labute approximate surface area is 131 Å². The smallest absolute Gasteiger partial charge is 0.299 e. The zero-order valence-corrected chi connectivity index (χ0v) is 12.8. The summed E-state index contributed by atoms with van der Waals surface area (Å²) in [4.78, 5) is 19.0. The van der Waals surface area contributed by atoms with Gasteiger partial charge in [-0.2, -0.15) is 0 Å². The molecule has 1 aromatic carbocycles. The molecule has 110 valence electrons. The maximum Gasteiger partial charge on any atom is 0.299 e. The average Bonchev–Trinajstić information content (AvgIpc) is 2.40. The van der Waals surface area contributed by atoms with E-state index in [-0.39, 0.29) is 11.2 Å². The summed E-state index contributed by atoms with van der Waals surface area (Å²) < 4.78 is 0. The molecule has 2 rings (SSSR count). The van der Waals surface area contributed by atoms with Crippen molar-refractivity contribution in [3.63, 3.8) is 0 Å². The van der Waals surface area contributed by atoms with E-state index in [0.29, 0.717) is 27.5 Å². The van der Waals surface area contributed by atoms with Crippen LogP contribution in [0.1, 0.15) is 6.92 Å². The molecule has 0 aliphatic carbocycles. The summed E-state index contributed by atoms with van der Waals surface area (Å²) >= 11 is 7.03. The lowest BCUT2D eigenvalue weighted by atomic mass is 10.3. The Hall–Kier alpha value is -1.99. The lowest BCUT2D eigenvalue weighted by Crippen LogP contribution is -2.25. The molecule has 2 aromatic rings. The zero-order valence-electron chi connectivity index (χ0n) is 11.3. The van der Waals surface area contributed by atoms with Crippen molar-refractivity contribution in [1.29, 1.82) is 0 Å². The van der Waals surface area contributed by atoms with Gasteiger partial charge in [-0.25, -0.2) is 4.98 Å². The number of carbonyl (C=O) groups is 1. The highest BCUT2D eigenvalue weighted by atomic mass is 35.5. The lowest BCUT2D eigenvalue weighted by Gasteiger charge is -2.10. The van der Waals surface area contributed by atoms with Gasteiger partial charge in [0.2, 0.25) is 17.5 Å². The summed E-state index contributed by atoms with van der Waals surface area (Å²) in [7, 11) is 0. The zero-order chi connectivity index (χ0) is 15.4. The van der Waals surface area contributed by atoms with Crippen molar-refractivity contribution in [2.75, 3.05) is 16.8 Å². The number of carbonyl (C=O) groups excluding carboxylic acids is 1. The maximum atomic E-state index is 12.1. The molecule has 6 N–H and O–H groups in total. The van der Waals surface area contributed by atoms with Gasteiger partial charge in [-0.05, 0) is 43.0 Å². The minimum absolute atomic E-state index is 0.154. The van der Waals surface area contributed by atoms with Crippen molar-refractivity contribution < 1.29 is 9.78 Å². The number of thioether (sulfide) groups is 1. The Kier molecular flexibility index (Phi) is 4.87. The molecule has 0 fully saturated rings. The number of nitrogens with one attached hydrogen (secondary N) is 2. The van der Waals surface area contributed by atoms with Crippen LogP contribution >= 0.6 is 23.4 Å². The first-order valence-corrected chi connectivity index (χ1v) is 7.38. The first-order chi connectivity index (χ1) is 9.94. The van der Waals surface area contributed by atoms with E-state index in [1.54, 1.807) is 31.2 Å². The third kappa shape index (κ3) is 4.51. The van der Waals surface area contributed by atoms with Crippen LogP contribution in [-0.2, 0) is 4.79 Å². The second kappa shape index (κ2) is 6.64. The van der Waals surface area contributed by atoms with Gasteiger partial charge in [0.05, 0.1) is 11.3 Å². The van der Waals surface area contributed by atoms with Crippen molar-refractivity contribution in [3.05, 3.63) is 35.4 Å². The van der Waals surface area contributed by atoms with E-state index >= 15 is 0 Å². The summed E-state index contributed by atoms with van der Waals surface area (Å²) in [5.41, 5.74) is 11.9. The van der Waals surface area contributed by atoms with Crippen molar-refractivity contribution >= 4 is 46.6 Å². The second-order valence-corrected chi connectivity index (χ2v) is 6.09. The number of H-pyrrole nitrogens is 1. The Morgan fingerprint density at radius 1 is 1.38 bits per heavy atom. The molecule has 8 heteroatoms. The van der Waals surface area contributed by atoms with Gasteiger partial charge in [0, 0.05) is 10.7 Å². The molecule has 0 bridgehead atoms. The van der Waals surface area contributed by atoms with Crippen LogP contribution in [0.3, 0.4) is 0 Å². The number of aromatic amines is 1. The maximum absolute atomic E-state index is 12.1. The average molecular weight is 325 g/mol. The Morgan fingerprint density at radius 2 is 2.05 bits per heavy atom. The number of nitrogens with two attached hydrogens (primary N) is 2. The number of aromatic nitrogens is 2. The molecule has 0 spiro atoms. The van der Waals surface area contributed by atoms with Gasteiger partial charge in [-0.1, -0.05) is 16.6 Å². The van der Waals surface area contributed by atoms with Gasteiger partial charge >= 0.3 is 0 Å². The molecule has 0 saturated heterocycles. The number of benzene rings is 1. The van der Waals surface area contributed by atoms with Gasteiger partial charge in [0.25, 0.3) is 5.16 Å². The normalized spacial score (nSPS) is 11.9. The van der Waals surface area contributed by atoms with Crippen molar-refractivity contribution in [2.24, 2.45) is 0 Å². The minimum atomic E-state index is -0.370. The number of anilines is 3. The van der Waals surface area contributed by atoms with Gasteiger partial charge in [-0.3, -0.25) is 4.79 Å². The molecule has 0 radical (unpaired) electrons. The molecule has 1 atom stereocenters. The van der Waals surface area contributed by atoms with Gasteiger partial charge in [0.15, 0.2) is 0 Å². The van der Waals surface area contributed by atoms with Crippen LogP contribution in [0.15, 0.2) is 35.5 Å². The van der Waals surface area contributed by atoms with Crippen LogP contribution < -0.4 is 21.8 Å². The minimum Gasteiger partial charge on any atom is -0.370 e. The highest BCUT2D eigenvalue weighted by Gasteiger charge is 2.19. The van der Waals surface area contributed by atoms with E-state index in [0.717, 1.165) is 0 Å². The fourth-order valence-corrected chi connectivity index (χ4v) is 2.51. The number of nitrogen functional groups attached to an aromatic ring is 2. The van der Waals surface area contributed by atoms with E-state index < -0.39 is 0 Å². The topological polar surface area (TPSA) is 108 Å². The Bertz CT molecular complexity index is 629. The van der Waals surface area contributed by atoms with Gasteiger partial charge in [-0.15, -0.1) is 0 Å². The van der Waals surface area contributed by atoms with Crippen LogP contribution in [0.2, 0.25) is 5.02 Å². The van der Waals surface area contributed by atoms with Crippen molar-refractivity contribution in [2.45, 2.75) is 17.3 Å². The molecule has 1 unspecified atom stereocenters. The quantitative estimate of drug-likeness (QED) is 0.587. The number of amides is 1. The Balaban J connectivity index is 2.00. The summed E-state index contributed by atoms with van der Waals surface area (Å²) in [5, 5.41) is 3.53. The summed E-state index contributed by atoms with van der Waals surface area (Å²) in [5.74, 6) is 0.549. The van der Waals surface area contributed by atoms with Gasteiger partial charge < -0.3 is 16.8 Å². The molecule has 1 aromatic heterocycles. The standard InChI is InChI=1S/C13H14ClN5OS/c1-7(21-13-18-10(15)6-11(16)19-13)12(20)17-9-4-2-8(14)3-5-9/h2-7H,1H3,(H,17,20)(H4,15,16,18,19)/p+1. The predicted octanol–water partition coefficient (Wildman–Crippen LogP) is 1.83. The highest BCUT2D eigenvalue weighted by molar-refractivity contribution is 8.00. The van der Waals surface area contributed by atoms with Crippen LogP contribution in [0.5, 0.6) is 0 Å². The fraction of sp³-hybridized carbons (Fsp3) is 0.154. The molecule has 0 aliphatic heterocycles. The predicted molar refractivity (Wildman–Crippen MR) is 85.0 cm³/mol. The molecule has 6 nitrogen and oxygen atoms in total. The van der Waals surface area contributed by atoms with Crippen LogP contribution in [0.25, 0.3) is 0 Å². The number of hydrogen-bond donors (Lipinski definition) is 3. The van der Waals surface area contributed by atoms with Crippen molar-refractivity contribution in [3.8, 4) is 0 Å². The third-order valence-corrected chi connectivity index (χ3v) is 3.79. The SMILES string of the molecule is CC(Sc1nc(N)cc(N)[nH+]1)C(=O)Nc1ccc(Cl)cc1. The van der Waals surface area contributed by atoms with E-state index in [4.69, 9.17) is 23.1 Å². The number of halogens is 1. The number of rotatable bonds is 4. The molecule has 1 heterocycles. The summed E-state index contributed by atoms with van der Waals surface area (Å²) in [6.45, 7) is 1.77. The molecule has 0 aliphatic rings. The molecular weight excluding hydrogens is 310 g/mol. The highest BCUT2D eigenvalue weighted by Crippen LogP contribution is 2.21. The Morgan fingerprint density at radius 3 is 2.67 bits per heavy atom. The summed E-state index contributed by atoms with van der Waals surface area (Å²) in [6.07, 6.45) is 0. The van der Waals surface area contributed by atoms with E-state index in [2.05, 4.69) is 15.3 Å². The third-order valence-electron chi connectivity index (χ3n) is 2.55.